The Balaban J connectivity index is 2.02. The van der Waals surface area contributed by atoms with Crippen LogP contribution in [0, 0.1) is 0 Å². The molecule has 4 rings (SSSR count). The van der Waals surface area contributed by atoms with Gasteiger partial charge in [-0.1, -0.05) is 12.1 Å². The van der Waals surface area contributed by atoms with Crippen molar-refractivity contribution in [1.82, 2.24) is 0 Å². The van der Waals surface area contributed by atoms with Gasteiger partial charge in [0.2, 0.25) is 5.69 Å². The molecule has 0 radical (unpaired) electrons. The molecule has 24 heteroatoms. The minimum Gasteiger partial charge on any atom is -0.748 e. The van der Waals surface area contributed by atoms with Gasteiger partial charge in [0, 0.05) is 59.6 Å². The third-order valence-corrected chi connectivity index (χ3v) is 13.8. The van der Waals surface area contributed by atoms with Crippen molar-refractivity contribution in [3.63, 3.8) is 0 Å². The van der Waals surface area contributed by atoms with Gasteiger partial charge in [0.15, 0.2) is 5.71 Å². The lowest BCUT2D eigenvalue weighted by molar-refractivity contribution is -0.437. The number of aliphatic carboxylic acids is 1. The van der Waals surface area contributed by atoms with E-state index >= 15 is 0 Å². The van der Waals surface area contributed by atoms with E-state index < -0.39 is 93.6 Å². The van der Waals surface area contributed by atoms with Gasteiger partial charge in [0.25, 0.3) is 40.5 Å². The summed E-state index contributed by atoms with van der Waals surface area (Å²) >= 11 is 0. The largest absolute Gasteiger partial charge is 0.748 e. The standard InChI is InChI=1S/C32H40N2O17S5/c1-31(2)26(34(16-8-18-53(40,41)42)23-19-21(54(43,44)45)20-25(29(23)31)56(49,50)51)11-5-12-27-32(3,14-6-13-28(35)36)30-22(9-4-10-24(30)55(46,47)48)33(27)15-7-17-52(37,38)39/h4-5,9-12,19-20H,6-8,13-18H2,1-3H3,(H5-,35,36,37,38,39,40,41,42,43,44,45,46,47,48,49,50,51). The predicted octanol–water partition coefficient (Wildman–Crippen LogP) is 2.49. The van der Waals surface area contributed by atoms with E-state index in [4.69, 9.17) is 0 Å². The van der Waals surface area contributed by atoms with Crippen molar-refractivity contribution >= 4 is 73.6 Å². The highest BCUT2D eigenvalue weighted by molar-refractivity contribution is 7.87. The number of fused-ring (bicyclic) bond motifs is 2. The zero-order valence-corrected chi connectivity index (χ0v) is 34.1. The average Bonchev–Trinajstić information content (AvgIpc) is 3.38. The van der Waals surface area contributed by atoms with Gasteiger partial charge in [0.05, 0.1) is 26.8 Å². The van der Waals surface area contributed by atoms with E-state index in [0.29, 0.717) is 6.07 Å². The SMILES string of the molecule is CC1(C)C(/C=C/C=C2/N(CCCS(=O)(=O)[O-])c3cccc(S(=O)(=O)O)c3C2(C)CCCC(=O)O)=[N+](CCCS(=O)(=O)O)c2cc(S(=O)(=O)O)cc(S(=O)(=O)O)c21. The van der Waals surface area contributed by atoms with Gasteiger partial charge in [-0.2, -0.15) is 38.2 Å². The molecule has 0 aromatic heterocycles. The first-order valence-corrected chi connectivity index (χ1v) is 24.1. The second kappa shape index (κ2) is 15.6. The Bertz CT molecular complexity index is 2610. The highest BCUT2D eigenvalue weighted by Crippen LogP contribution is 2.53. The topological polar surface area (TPSA) is 318 Å². The van der Waals surface area contributed by atoms with Crippen molar-refractivity contribution < 1.29 is 79.3 Å². The summed E-state index contributed by atoms with van der Waals surface area (Å²) in [5.41, 5.74) is -2.45. The molecular weight excluding hydrogens is 845 g/mol. The van der Waals surface area contributed by atoms with Crippen LogP contribution in [0.3, 0.4) is 0 Å². The predicted molar refractivity (Wildman–Crippen MR) is 199 cm³/mol. The fourth-order valence-corrected chi connectivity index (χ4v) is 10.7. The van der Waals surface area contributed by atoms with Crippen molar-refractivity contribution in [2.24, 2.45) is 0 Å². The van der Waals surface area contributed by atoms with Gasteiger partial charge in [0.1, 0.15) is 21.2 Å². The first kappa shape index (κ1) is 45.1. The summed E-state index contributed by atoms with van der Waals surface area (Å²) in [6.45, 7) is 4.10. The van der Waals surface area contributed by atoms with Crippen LogP contribution in [-0.2, 0) is 66.2 Å². The Morgan fingerprint density at radius 1 is 0.821 bits per heavy atom. The fourth-order valence-electron chi connectivity index (χ4n) is 7.37. The van der Waals surface area contributed by atoms with Gasteiger partial charge in [-0.25, -0.2) is 8.42 Å². The number of nitrogens with zero attached hydrogens (tertiary/aromatic N) is 2. The number of carboxylic acids is 1. The maximum Gasteiger partial charge on any atom is 0.303 e. The summed E-state index contributed by atoms with van der Waals surface area (Å²) in [4.78, 5) is 10.7. The Hall–Kier alpha value is -3.59. The van der Waals surface area contributed by atoms with Crippen LogP contribution in [0.25, 0.3) is 0 Å². The third-order valence-electron chi connectivity index (χ3n) is 9.59. The minimum absolute atomic E-state index is 0.00924. The molecule has 19 nitrogen and oxygen atoms in total. The Kier molecular flexibility index (Phi) is 12.6. The number of hydrogen-bond acceptors (Lipinski definition) is 13. The molecule has 310 valence electrons. The average molecular weight is 885 g/mol. The van der Waals surface area contributed by atoms with Crippen molar-refractivity contribution in [2.45, 2.75) is 78.4 Å². The highest BCUT2D eigenvalue weighted by Gasteiger charge is 2.49. The van der Waals surface area contributed by atoms with E-state index in [2.05, 4.69) is 0 Å². The molecule has 1 unspecified atom stereocenters. The van der Waals surface area contributed by atoms with Crippen LogP contribution in [0.4, 0.5) is 11.4 Å². The van der Waals surface area contributed by atoms with Crippen molar-refractivity contribution in [2.75, 3.05) is 29.5 Å². The van der Waals surface area contributed by atoms with Crippen molar-refractivity contribution in [1.29, 1.82) is 0 Å². The van der Waals surface area contributed by atoms with E-state index in [9.17, 15) is 74.8 Å². The minimum atomic E-state index is -5.18. The monoisotopic (exact) mass is 884 g/mol. The number of anilines is 1. The first-order chi connectivity index (χ1) is 25.4. The van der Waals surface area contributed by atoms with E-state index in [0.717, 1.165) is 12.1 Å². The molecular formula is C32H40N2O17S5. The lowest BCUT2D eigenvalue weighted by atomic mass is 9.77. The summed E-state index contributed by atoms with van der Waals surface area (Å²) in [6.07, 6.45) is 3.34. The molecule has 0 fully saturated rings. The van der Waals surface area contributed by atoms with Crippen LogP contribution in [0.15, 0.2) is 68.9 Å². The Morgan fingerprint density at radius 2 is 1.45 bits per heavy atom. The van der Waals surface area contributed by atoms with Gasteiger partial charge < -0.3 is 14.6 Å². The van der Waals surface area contributed by atoms with Crippen LogP contribution < -0.4 is 4.90 Å². The number of rotatable bonds is 17. The Labute approximate surface area is 324 Å². The van der Waals surface area contributed by atoms with E-state index in [1.54, 1.807) is 6.92 Å². The van der Waals surface area contributed by atoms with Gasteiger partial charge >= 0.3 is 5.97 Å². The first-order valence-electron chi connectivity index (χ1n) is 16.6. The number of carbonyl (C=O) groups is 1. The lowest BCUT2D eigenvalue weighted by Gasteiger charge is -2.31. The van der Waals surface area contributed by atoms with Gasteiger partial charge in [-0.3, -0.25) is 23.0 Å². The molecule has 2 aromatic rings. The van der Waals surface area contributed by atoms with Crippen molar-refractivity contribution in [3.8, 4) is 0 Å². The molecule has 2 aliphatic rings. The van der Waals surface area contributed by atoms with Crippen LogP contribution in [0.2, 0.25) is 0 Å². The van der Waals surface area contributed by atoms with Gasteiger partial charge in [-0.05, 0) is 64.3 Å². The molecule has 2 aromatic carbocycles. The molecule has 2 heterocycles. The summed E-state index contributed by atoms with van der Waals surface area (Å²) in [5.74, 6) is -2.74. The lowest BCUT2D eigenvalue weighted by Crippen LogP contribution is -2.31. The van der Waals surface area contributed by atoms with Gasteiger partial charge in [-0.15, -0.1) is 0 Å². The number of benzene rings is 2. The Morgan fingerprint density at radius 3 is 1.98 bits per heavy atom. The molecule has 2 aliphatic heterocycles. The third kappa shape index (κ3) is 9.92. The summed E-state index contributed by atoms with van der Waals surface area (Å²) in [7, 11) is -24.4. The molecule has 0 spiro atoms. The fraction of sp³-hybridized carbons (Fsp3) is 0.438. The molecule has 0 aliphatic carbocycles. The zero-order valence-electron chi connectivity index (χ0n) is 30.1. The second-order valence-electron chi connectivity index (χ2n) is 13.9. The molecule has 0 amide bonds. The molecule has 0 bridgehead atoms. The quantitative estimate of drug-likeness (QED) is 0.113. The van der Waals surface area contributed by atoms with E-state index in [-0.39, 0.29) is 79.1 Å². The molecule has 1 atom stereocenters. The van der Waals surface area contributed by atoms with Crippen LogP contribution in [-0.4, -0.2) is 111 Å². The van der Waals surface area contributed by atoms with Crippen LogP contribution in [0.1, 0.15) is 64.0 Å². The highest BCUT2D eigenvalue weighted by atomic mass is 32.2. The smallest absolute Gasteiger partial charge is 0.303 e. The molecule has 56 heavy (non-hydrogen) atoms. The molecule has 5 N–H and O–H groups in total. The molecule has 0 saturated carbocycles. The van der Waals surface area contributed by atoms with E-state index in [1.165, 1.54) is 53.7 Å². The van der Waals surface area contributed by atoms with Crippen molar-refractivity contribution in [3.05, 3.63) is 65.4 Å². The molecule has 0 saturated heterocycles. The zero-order chi connectivity index (χ0) is 42.4. The number of carboxylic acid groups (broad SMARTS) is 1. The number of allylic oxidation sites excluding steroid dienone is 4. The maximum absolute atomic E-state index is 12.7. The summed E-state index contributed by atoms with van der Waals surface area (Å²) in [5, 5.41) is 9.40. The normalized spacial score (nSPS) is 19.6. The summed E-state index contributed by atoms with van der Waals surface area (Å²) in [6, 6.07) is 5.42. The summed E-state index contributed by atoms with van der Waals surface area (Å²) < 4.78 is 174. The second-order valence-corrected chi connectivity index (χ2v) is 21.2. The van der Waals surface area contributed by atoms with E-state index in [1.807, 2.05) is 0 Å². The van der Waals surface area contributed by atoms with Crippen LogP contribution in [0.5, 0.6) is 0 Å². The van der Waals surface area contributed by atoms with Crippen LogP contribution >= 0.6 is 0 Å². The maximum atomic E-state index is 12.7. The number of hydrogen-bond donors (Lipinski definition) is 5.